The highest BCUT2D eigenvalue weighted by molar-refractivity contribution is 5.45. The number of hydrogen-bond acceptors (Lipinski definition) is 4. The summed E-state index contributed by atoms with van der Waals surface area (Å²) >= 11 is 0. The monoisotopic (exact) mass is 206 g/mol. The van der Waals surface area contributed by atoms with Gasteiger partial charge in [-0.25, -0.2) is 4.98 Å². The van der Waals surface area contributed by atoms with Crippen LogP contribution in [0.3, 0.4) is 0 Å². The molecule has 0 amide bonds. The fourth-order valence-corrected chi connectivity index (χ4v) is 1.92. The smallest absolute Gasteiger partial charge is 0.128 e. The van der Waals surface area contributed by atoms with Crippen LogP contribution in [0.2, 0.25) is 0 Å². The molecule has 0 spiro atoms. The van der Waals surface area contributed by atoms with Gasteiger partial charge in [-0.05, 0) is 32.1 Å². The number of hydrogen-bond donors (Lipinski definition) is 2. The second kappa shape index (κ2) is 4.49. The molecule has 1 aliphatic rings. The van der Waals surface area contributed by atoms with Gasteiger partial charge in [-0.15, -0.1) is 0 Å². The van der Waals surface area contributed by atoms with Gasteiger partial charge in [0.05, 0.1) is 0 Å². The van der Waals surface area contributed by atoms with Gasteiger partial charge in [0.2, 0.25) is 0 Å². The van der Waals surface area contributed by atoms with Crippen molar-refractivity contribution in [2.45, 2.75) is 12.5 Å². The van der Waals surface area contributed by atoms with Crippen LogP contribution in [-0.2, 0) is 0 Å². The van der Waals surface area contributed by atoms with Gasteiger partial charge < -0.3 is 15.5 Å². The van der Waals surface area contributed by atoms with Crippen LogP contribution in [0.25, 0.3) is 0 Å². The molecule has 0 aliphatic carbocycles. The van der Waals surface area contributed by atoms with Crippen LogP contribution in [0.1, 0.15) is 6.42 Å². The molecule has 2 heterocycles. The van der Waals surface area contributed by atoms with Crippen LogP contribution in [-0.4, -0.2) is 43.1 Å². The molecule has 1 unspecified atom stereocenters. The lowest BCUT2D eigenvalue weighted by Crippen LogP contribution is -2.24. The Morgan fingerprint density at radius 1 is 1.40 bits per heavy atom. The minimum atomic E-state index is 0.537. The van der Waals surface area contributed by atoms with Crippen LogP contribution in [0.4, 0.5) is 11.6 Å². The first kappa shape index (κ1) is 10.2. The molecule has 0 saturated carbocycles. The van der Waals surface area contributed by atoms with Crippen molar-refractivity contribution < 1.29 is 0 Å². The second-order valence-corrected chi connectivity index (χ2v) is 4.05. The maximum absolute atomic E-state index is 4.44. The summed E-state index contributed by atoms with van der Waals surface area (Å²) in [6.45, 7) is 2.27. The van der Waals surface area contributed by atoms with Crippen molar-refractivity contribution in [2.75, 3.05) is 37.8 Å². The molecular weight excluding hydrogens is 188 g/mol. The molecule has 1 saturated heterocycles. The summed E-state index contributed by atoms with van der Waals surface area (Å²) in [6.07, 6.45) is 1.20. The Morgan fingerprint density at radius 2 is 2.20 bits per heavy atom. The number of rotatable bonds is 3. The number of nitrogens with one attached hydrogen (secondary N) is 2. The van der Waals surface area contributed by atoms with Crippen LogP contribution < -0.4 is 10.6 Å². The summed E-state index contributed by atoms with van der Waals surface area (Å²) in [5.74, 6) is 1.87. The van der Waals surface area contributed by atoms with E-state index in [2.05, 4.69) is 27.6 Å². The highest BCUT2D eigenvalue weighted by Crippen LogP contribution is 2.14. The van der Waals surface area contributed by atoms with Crippen molar-refractivity contribution in [2.24, 2.45) is 0 Å². The Labute approximate surface area is 90.7 Å². The van der Waals surface area contributed by atoms with E-state index in [1.807, 2.05) is 25.2 Å². The first-order valence-corrected chi connectivity index (χ1v) is 5.38. The molecular formula is C11H18N4. The van der Waals surface area contributed by atoms with Gasteiger partial charge in [0, 0.05) is 19.6 Å². The van der Waals surface area contributed by atoms with Gasteiger partial charge in [0.15, 0.2) is 0 Å². The third-order valence-corrected chi connectivity index (χ3v) is 2.75. The first-order valence-electron chi connectivity index (χ1n) is 5.38. The Bertz CT molecular complexity index is 326. The van der Waals surface area contributed by atoms with Gasteiger partial charge in [-0.1, -0.05) is 6.07 Å². The molecule has 82 valence electrons. The maximum Gasteiger partial charge on any atom is 0.128 e. The lowest BCUT2D eigenvalue weighted by atomic mass is 10.2. The zero-order chi connectivity index (χ0) is 10.7. The van der Waals surface area contributed by atoms with E-state index in [0.717, 1.165) is 18.2 Å². The molecule has 0 aromatic carbocycles. The highest BCUT2D eigenvalue weighted by atomic mass is 15.2. The van der Waals surface area contributed by atoms with Gasteiger partial charge in [0.25, 0.3) is 0 Å². The van der Waals surface area contributed by atoms with Crippen molar-refractivity contribution in [3.8, 4) is 0 Å². The van der Waals surface area contributed by atoms with E-state index >= 15 is 0 Å². The van der Waals surface area contributed by atoms with Crippen LogP contribution in [0.15, 0.2) is 18.2 Å². The Kier molecular flexibility index (Phi) is 3.06. The minimum absolute atomic E-state index is 0.537. The van der Waals surface area contributed by atoms with E-state index in [1.54, 1.807) is 0 Å². The minimum Gasteiger partial charge on any atom is -0.373 e. The van der Waals surface area contributed by atoms with Crippen LogP contribution in [0.5, 0.6) is 0 Å². The van der Waals surface area contributed by atoms with Crippen LogP contribution in [0, 0.1) is 0 Å². The maximum atomic E-state index is 4.44. The summed E-state index contributed by atoms with van der Waals surface area (Å²) in [7, 11) is 4.04. The van der Waals surface area contributed by atoms with Crippen molar-refractivity contribution in [1.29, 1.82) is 0 Å². The van der Waals surface area contributed by atoms with Gasteiger partial charge in [-0.3, -0.25) is 0 Å². The zero-order valence-electron chi connectivity index (χ0n) is 9.33. The molecule has 4 nitrogen and oxygen atoms in total. The summed E-state index contributed by atoms with van der Waals surface area (Å²) in [5, 5.41) is 6.49. The molecule has 0 bridgehead atoms. The van der Waals surface area contributed by atoms with E-state index < -0.39 is 0 Å². The van der Waals surface area contributed by atoms with Gasteiger partial charge in [-0.2, -0.15) is 0 Å². The Morgan fingerprint density at radius 3 is 2.87 bits per heavy atom. The fraction of sp³-hybridized carbons (Fsp3) is 0.545. The average molecular weight is 206 g/mol. The quantitative estimate of drug-likeness (QED) is 0.780. The molecule has 1 aromatic rings. The Balaban J connectivity index is 1.98. The SMILES string of the molecule is CNc1cccc(NC2CCN(C)C2)n1. The largest absolute Gasteiger partial charge is 0.373 e. The molecule has 0 radical (unpaired) electrons. The predicted octanol–water partition coefficient (Wildman–Crippen LogP) is 1.24. The number of anilines is 2. The third-order valence-electron chi connectivity index (χ3n) is 2.75. The third kappa shape index (κ3) is 2.59. The lowest BCUT2D eigenvalue weighted by Gasteiger charge is -2.13. The molecule has 1 atom stereocenters. The second-order valence-electron chi connectivity index (χ2n) is 4.05. The van der Waals surface area contributed by atoms with E-state index in [4.69, 9.17) is 0 Å². The summed E-state index contributed by atoms with van der Waals surface area (Å²) in [6, 6.07) is 6.53. The average Bonchev–Trinajstić information content (AvgIpc) is 2.64. The topological polar surface area (TPSA) is 40.2 Å². The van der Waals surface area contributed by atoms with Crippen molar-refractivity contribution in [1.82, 2.24) is 9.88 Å². The fourth-order valence-electron chi connectivity index (χ4n) is 1.92. The summed E-state index contributed by atoms with van der Waals surface area (Å²) in [4.78, 5) is 6.77. The standard InChI is InChI=1S/C11H18N4/c1-12-10-4-3-5-11(14-10)13-9-6-7-15(2)8-9/h3-5,9H,6-8H2,1-2H3,(H2,12,13,14). The molecule has 1 aromatic heterocycles. The summed E-state index contributed by atoms with van der Waals surface area (Å²) < 4.78 is 0. The van der Waals surface area contributed by atoms with Crippen molar-refractivity contribution in [3.05, 3.63) is 18.2 Å². The van der Waals surface area contributed by atoms with Crippen LogP contribution >= 0.6 is 0 Å². The molecule has 2 N–H and O–H groups in total. The van der Waals surface area contributed by atoms with E-state index in [1.165, 1.54) is 13.0 Å². The molecule has 1 aliphatic heterocycles. The zero-order valence-corrected chi connectivity index (χ0v) is 9.33. The predicted molar refractivity (Wildman–Crippen MR) is 63.3 cm³/mol. The number of aromatic nitrogens is 1. The number of likely N-dealkylation sites (N-methyl/N-ethyl adjacent to an activating group) is 1. The number of nitrogens with zero attached hydrogens (tertiary/aromatic N) is 2. The van der Waals surface area contributed by atoms with E-state index in [-0.39, 0.29) is 0 Å². The molecule has 2 rings (SSSR count). The Hall–Kier alpha value is -1.29. The molecule has 15 heavy (non-hydrogen) atoms. The van der Waals surface area contributed by atoms with Gasteiger partial charge >= 0.3 is 0 Å². The normalized spacial score (nSPS) is 21.6. The first-order chi connectivity index (χ1) is 7.28. The lowest BCUT2D eigenvalue weighted by molar-refractivity contribution is 0.414. The molecule has 4 heteroatoms. The summed E-state index contributed by atoms with van der Waals surface area (Å²) in [5.41, 5.74) is 0. The number of pyridine rings is 1. The number of likely N-dealkylation sites (tertiary alicyclic amines) is 1. The highest BCUT2D eigenvalue weighted by Gasteiger charge is 2.19. The van der Waals surface area contributed by atoms with Crippen molar-refractivity contribution >= 4 is 11.6 Å². The molecule has 1 fully saturated rings. The van der Waals surface area contributed by atoms with E-state index in [0.29, 0.717) is 6.04 Å². The van der Waals surface area contributed by atoms with Gasteiger partial charge in [0.1, 0.15) is 11.6 Å². The van der Waals surface area contributed by atoms with Crippen molar-refractivity contribution in [3.63, 3.8) is 0 Å². The van der Waals surface area contributed by atoms with E-state index in [9.17, 15) is 0 Å².